The standard InChI is InChI=1S/C19H25FN2O2S/c1-6-8-14(3)18(7-2)22-19(15(4)20)13-21-16-9-11-17(12-10-16)25(5,23)24/h6,8-13,15,21H,3,7H2,1-2,4-5H3/b8-6-,19-13-,22-18?. The van der Waals surface area contributed by atoms with E-state index >= 15 is 0 Å². The number of benzene rings is 1. The van der Waals surface area contributed by atoms with Crippen LogP contribution in [-0.4, -0.2) is 26.6 Å². The molecule has 0 bridgehead atoms. The predicted molar refractivity (Wildman–Crippen MR) is 104 cm³/mol. The lowest BCUT2D eigenvalue weighted by atomic mass is 10.1. The van der Waals surface area contributed by atoms with E-state index in [-0.39, 0.29) is 10.6 Å². The van der Waals surface area contributed by atoms with Crippen LogP contribution in [0.1, 0.15) is 27.2 Å². The number of nitrogens with zero attached hydrogens (tertiary/aromatic N) is 1. The van der Waals surface area contributed by atoms with Crippen LogP contribution in [0.15, 0.2) is 70.4 Å². The van der Waals surface area contributed by atoms with Gasteiger partial charge >= 0.3 is 0 Å². The van der Waals surface area contributed by atoms with E-state index in [2.05, 4.69) is 16.9 Å². The zero-order chi connectivity index (χ0) is 19.0. The van der Waals surface area contributed by atoms with E-state index in [0.717, 1.165) is 11.8 Å². The molecule has 1 aromatic rings. The van der Waals surface area contributed by atoms with Crippen molar-refractivity contribution >= 4 is 21.2 Å². The molecule has 25 heavy (non-hydrogen) atoms. The molecule has 0 aromatic heterocycles. The normalized spacial score (nSPS) is 14.6. The van der Waals surface area contributed by atoms with Crippen molar-refractivity contribution in [2.24, 2.45) is 4.99 Å². The van der Waals surface area contributed by atoms with E-state index in [9.17, 15) is 12.8 Å². The smallest absolute Gasteiger partial charge is 0.175 e. The van der Waals surface area contributed by atoms with E-state index in [1.165, 1.54) is 25.3 Å². The van der Waals surface area contributed by atoms with Crippen molar-refractivity contribution in [2.45, 2.75) is 38.3 Å². The summed E-state index contributed by atoms with van der Waals surface area (Å²) in [7, 11) is -3.24. The highest BCUT2D eigenvalue weighted by Gasteiger charge is 2.09. The van der Waals surface area contributed by atoms with Gasteiger partial charge in [0.25, 0.3) is 0 Å². The van der Waals surface area contributed by atoms with Gasteiger partial charge in [-0.2, -0.15) is 0 Å². The lowest BCUT2D eigenvalue weighted by molar-refractivity contribution is 0.408. The Labute approximate surface area is 149 Å². The van der Waals surface area contributed by atoms with Crippen molar-refractivity contribution in [1.29, 1.82) is 0 Å². The number of hydrogen-bond acceptors (Lipinski definition) is 4. The zero-order valence-electron chi connectivity index (χ0n) is 15.1. The first-order valence-electron chi connectivity index (χ1n) is 7.99. The number of rotatable bonds is 8. The topological polar surface area (TPSA) is 58.5 Å². The molecule has 136 valence electrons. The SMILES string of the molecule is C=C(/C=C\C)C(CC)=N/C(=C\Nc1ccc(S(C)(=O)=O)cc1)C(C)F. The van der Waals surface area contributed by atoms with Crippen LogP contribution < -0.4 is 5.32 Å². The van der Waals surface area contributed by atoms with Crippen LogP contribution in [0.5, 0.6) is 0 Å². The van der Waals surface area contributed by atoms with Gasteiger partial charge in [-0.1, -0.05) is 25.7 Å². The van der Waals surface area contributed by atoms with Gasteiger partial charge in [-0.25, -0.2) is 12.8 Å². The van der Waals surface area contributed by atoms with Crippen molar-refractivity contribution < 1.29 is 12.8 Å². The Morgan fingerprint density at radius 1 is 1.36 bits per heavy atom. The summed E-state index contributed by atoms with van der Waals surface area (Å²) in [5, 5.41) is 2.95. The summed E-state index contributed by atoms with van der Waals surface area (Å²) < 4.78 is 36.8. The van der Waals surface area contributed by atoms with Crippen LogP contribution in [-0.2, 0) is 9.84 Å². The summed E-state index contributed by atoms with van der Waals surface area (Å²) >= 11 is 0. The Balaban J connectivity index is 3.05. The second-order valence-corrected chi connectivity index (χ2v) is 7.58. The monoisotopic (exact) mass is 364 g/mol. The number of alkyl halides is 1. The number of halogens is 1. The second kappa shape index (κ2) is 9.32. The summed E-state index contributed by atoms with van der Waals surface area (Å²) in [6.45, 7) is 9.17. The van der Waals surface area contributed by atoms with Crippen molar-refractivity contribution in [1.82, 2.24) is 0 Å². The Hall–Kier alpha value is -2.21. The number of aliphatic imine (C=N–C) groups is 1. The van der Waals surface area contributed by atoms with Gasteiger partial charge in [0.2, 0.25) is 0 Å². The molecule has 0 radical (unpaired) electrons. The fraction of sp³-hybridized carbons (Fsp3) is 0.316. The lowest BCUT2D eigenvalue weighted by Gasteiger charge is -2.09. The zero-order valence-corrected chi connectivity index (χ0v) is 15.9. The number of nitrogens with one attached hydrogen (secondary N) is 1. The Morgan fingerprint density at radius 2 is 1.96 bits per heavy atom. The Morgan fingerprint density at radius 3 is 2.40 bits per heavy atom. The maximum Gasteiger partial charge on any atom is 0.175 e. The molecule has 0 aliphatic heterocycles. The van der Waals surface area contributed by atoms with E-state index in [1.54, 1.807) is 12.1 Å². The molecule has 1 atom stereocenters. The number of anilines is 1. The van der Waals surface area contributed by atoms with E-state index in [4.69, 9.17) is 0 Å². The van der Waals surface area contributed by atoms with Gasteiger partial charge in [-0.05, 0) is 50.1 Å². The molecule has 0 aliphatic carbocycles. The molecule has 0 saturated heterocycles. The average Bonchev–Trinajstić information content (AvgIpc) is 2.54. The van der Waals surface area contributed by atoms with Crippen molar-refractivity contribution in [2.75, 3.05) is 11.6 Å². The van der Waals surface area contributed by atoms with Crippen molar-refractivity contribution in [3.05, 3.63) is 60.5 Å². The minimum atomic E-state index is -3.24. The van der Waals surface area contributed by atoms with Gasteiger partial charge in [-0.3, -0.25) is 4.99 Å². The second-order valence-electron chi connectivity index (χ2n) is 5.56. The van der Waals surface area contributed by atoms with E-state index in [1.807, 2.05) is 26.0 Å². The molecule has 0 aliphatic rings. The Kier molecular flexibility index (Phi) is 7.77. The fourth-order valence-electron chi connectivity index (χ4n) is 2.02. The molecule has 0 amide bonds. The number of hydrogen-bond donors (Lipinski definition) is 1. The minimum absolute atomic E-state index is 0.232. The van der Waals surface area contributed by atoms with Crippen LogP contribution in [0.2, 0.25) is 0 Å². The molecular weight excluding hydrogens is 339 g/mol. The average molecular weight is 364 g/mol. The number of allylic oxidation sites excluding steroid dienone is 4. The first kappa shape index (κ1) is 20.8. The molecule has 0 spiro atoms. The summed E-state index contributed by atoms with van der Waals surface area (Å²) in [6.07, 6.45) is 5.70. The third-order valence-electron chi connectivity index (χ3n) is 3.41. The molecule has 1 aromatic carbocycles. The van der Waals surface area contributed by atoms with Gasteiger partial charge in [-0.15, -0.1) is 0 Å². The van der Waals surface area contributed by atoms with Gasteiger partial charge in [0.05, 0.1) is 10.6 Å². The minimum Gasteiger partial charge on any atom is -0.360 e. The van der Waals surface area contributed by atoms with Crippen molar-refractivity contribution in [3.63, 3.8) is 0 Å². The first-order valence-corrected chi connectivity index (χ1v) is 9.88. The summed E-state index contributed by atoms with van der Waals surface area (Å²) in [6, 6.07) is 6.24. The molecule has 1 rings (SSSR count). The highest BCUT2D eigenvalue weighted by molar-refractivity contribution is 7.90. The maximum absolute atomic E-state index is 13.9. The van der Waals surface area contributed by atoms with Gasteiger partial charge in [0.1, 0.15) is 6.17 Å². The summed E-state index contributed by atoms with van der Waals surface area (Å²) in [5.41, 5.74) is 2.35. The largest absolute Gasteiger partial charge is 0.360 e. The number of sulfone groups is 1. The van der Waals surface area contributed by atoms with Crippen LogP contribution in [0.3, 0.4) is 0 Å². The quantitative estimate of drug-likeness (QED) is 0.538. The summed E-state index contributed by atoms with van der Waals surface area (Å²) in [4.78, 5) is 4.61. The molecule has 6 heteroatoms. The van der Waals surface area contributed by atoms with Crippen LogP contribution >= 0.6 is 0 Å². The van der Waals surface area contributed by atoms with Crippen molar-refractivity contribution in [3.8, 4) is 0 Å². The van der Waals surface area contributed by atoms with Crippen LogP contribution in [0, 0.1) is 0 Å². The van der Waals surface area contributed by atoms with Crippen LogP contribution in [0.4, 0.5) is 10.1 Å². The van der Waals surface area contributed by atoms with E-state index in [0.29, 0.717) is 17.8 Å². The molecule has 0 fully saturated rings. The third-order valence-corrected chi connectivity index (χ3v) is 4.54. The maximum atomic E-state index is 13.9. The molecular formula is C19H25FN2O2S. The highest BCUT2D eigenvalue weighted by atomic mass is 32.2. The molecule has 1 N–H and O–H groups in total. The van der Waals surface area contributed by atoms with Gasteiger partial charge in [0.15, 0.2) is 9.84 Å². The van der Waals surface area contributed by atoms with Gasteiger partial charge in [0, 0.05) is 23.9 Å². The molecule has 1 unspecified atom stereocenters. The third kappa shape index (κ3) is 6.66. The fourth-order valence-corrected chi connectivity index (χ4v) is 2.65. The van der Waals surface area contributed by atoms with Gasteiger partial charge < -0.3 is 5.32 Å². The Bertz CT molecular complexity index is 789. The lowest BCUT2D eigenvalue weighted by Crippen LogP contribution is -2.06. The molecule has 4 nitrogen and oxygen atoms in total. The van der Waals surface area contributed by atoms with E-state index < -0.39 is 16.0 Å². The first-order chi connectivity index (χ1) is 11.7. The van der Waals surface area contributed by atoms with Crippen LogP contribution in [0.25, 0.3) is 0 Å². The molecule has 0 heterocycles. The highest BCUT2D eigenvalue weighted by Crippen LogP contribution is 2.16. The summed E-state index contributed by atoms with van der Waals surface area (Å²) in [5.74, 6) is 0. The molecule has 0 saturated carbocycles. The predicted octanol–water partition coefficient (Wildman–Crippen LogP) is 4.68.